The van der Waals surface area contributed by atoms with Crippen LogP contribution in [-0.4, -0.2) is 46.0 Å². The van der Waals surface area contributed by atoms with Crippen LogP contribution in [0.4, 0.5) is 0 Å². The maximum absolute atomic E-state index is 13.2. The molecule has 1 saturated carbocycles. The van der Waals surface area contributed by atoms with Gasteiger partial charge in [-0.25, -0.2) is 0 Å². The minimum absolute atomic E-state index is 0.148. The lowest BCUT2D eigenvalue weighted by atomic mass is 10.0. The summed E-state index contributed by atoms with van der Waals surface area (Å²) in [5, 5.41) is 8.57. The van der Waals surface area contributed by atoms with Crippen LogP contribution in [0.25, 0.3) is 0 Å². The van der Waals surface area contributed by atoms with Gasteiger partial charge in [0.15, 0.2) is 5.69 Å². The highest BCUT2D eigenvalue weighted by molar-refractivity contribution is 7.03. The molecule has 8 heteroatoms. The van der Waals surface area contributed by atoms with Crippen LogP contribution in [0, 0.1) is 0 Å². The zero-order chi connectivity index (χ0) is 19.9. The lowest BCUT2D eigenvalue weighted by Crippen LogP contribution is -2.46. The number of amides is 2. The second-order valence-corrected chi connectivity index (χ2v) is 7.31. The summed E-state index contributed by atoms with van der Waals surface area (Å²) in [4.78, 5) is 27.8. The monoisotopic (exact) mass is 400 g/mol. The number of benzene rings is 1. The topological polar surface area (TPSA) is 84.4 Å². The molecule has 1 fully saturated rings. The second-order valence-electron chi connectivity index (χ2n) is 6.70. The van der Waals surface area contributed by atoms with E-state index in [0.29, 0.717) is 11.3 Å². The van der Waals surface area contributed by atoms with Crippen LogP contribution in [0.1, 0.15) is 47.8 Å². The minimum Gasteiger partial charge on any atom is -0.497 e. The van der Waals surface area contributed by atoms with Gasteiger partial charge in [-0.2, -0.15) is 0 Å². The summed E-state index contributed by atoms with van der Waals surface area (Å²) in [6.45, 7) is 3.96. The molecule has 1 aromatic carbocycles. The lowest BCUT2D eigenvalue weighted by Gasteiger charge is -2.31. The molecule has 0 aliphatic heterocycles. The van der Waals surface area contributed by atoms with Crippen LogP contribution in [0.3, 0.4) is 0 Å². The predicted octanol–water partition coefficient (Wildman–Crippen LogP) is 2.98. The molecule has 1 N–H and O–H groups in total. The van der Waals surface area contributed by atoms with Gasteiger partial charge >= 0.3 is 0 Å². The van der Waals surface area contributed by atoms with E-state index in [9.17, 15) is 9.59 Å². The van der Waals surface area contributed by atoms with E-state index in [2.05, 4.69) is 21.5 Å². The van der Waals surface area contributed by atoms with Gasteiger partial charge in [0.25, 0.3) is 5.91 Å². The van der Waals surface area contributed by atoms with E-state index in [1.54, 1.807) is 42.8 Å². The molecular formula is C20H24N4O3S. The van der Waals surface area contributed by atoms with E-state index in [1.165, 1.54) is 4.90 Å². The van der Waals surface area contributed by atoms with Crippen molar-refractivity contribution in [3.8, 4) is 5.75 Å². The number of aromatic nitrogens is 2. The number of nitrogens with one attached hydrogen (secondary N) is 1. The smallest absolute Gasteiger partial charge is 0.276 e. The molecule has 1 atom stereocenters. The average Bonchev–Trinajstić information content (AvgIpc) is 3.42. The Morgan fingerprint density at radius 1 is 1.36 bits per heavy atom. The van der Waals surface area contributed by atoms with E-state index >= 15 is 0 Å². The van der Waals surface area contributed by atoms with Gasteiger partial charge in [0, 0.05) is 18.0 Å². The minimum atomic E-state index is -0.793. The maximum atomic E-state index is 13.2. The molecular weight excluding hydrogens is 376 g/mol. The lowest BCUT2D eigenvalue weighted by molar-refractivity contribution is -0.126. The van der Waals surface area contributed by atoms with Crippen molar-refractivity contribution in [2.75, 3.05) is 13.7 Å². The van der Waals surface area contributed by atoms with Crippen molar-refractivity contribution in [3.05, 3.63) is 53.6 Å². The van der Waals surface area contributed by atoms with Gasteiger partial charge < -0.3 is 15.0 Å². The fourth-order valence-corrected chi connectivity index (χ4v) is 3.89. The molecule has 2 amide bonds. The Balaban J connectivity index is 1.94. The molecule has 1 heterocycles. The van der Waals surface area contributed by atoms with Crippen molar-refractivity contribution >= 4 is 23.3 Å². The molecule has 0 spiro atoms. The molecule has 0 saturated heterocycles. The Bertz CT molecular complexity index is 801. The number of carbonyl (C=O) groups is 2. The Labute approximate surface area is 168 Å². The summed E-state index contributed by atoms with van der Waals surface area (Å²) >= 11 is 1.10. The van der Waals surface area contributed by atoms with Crippen LogP contribution in [0.15, 0.2) is 42.3 Å². The second kappa shape index (κ2) is 9.45. The van der Waals surface area contributed by atoms with Crippen molar-refractivity contribution in [3.63, 3.8) is 0 Å². The first-order valence-corrected chi connectivity index (χ1v) is 10.1. The third kappa shape index (κ3) is 4.56. The zero-order valence-corrected chi connectivity index (χ0v) is 16.7. The van der Waals surface area contributed by atoms with E-state index in [4.69, 9.17) is 4.74 Å². The zero-order valence-electron chi connectivity index (χ0n) is 15.8. The largest absolute Gasteiger partial charge is 0.497 e. The van der Waals surface area contributed by atoms with Crippen molar-refractivity contribution in [1.29, 1.82) is 0 Å². The van der Waals surface area contributed by atoms with Crippen LogP contribution in [-0.2, 0) is 4.79 Å². The number of hydrogen-bond donors (Lipinski definition) is 1. The molecule has 28 heavy (non-hydrogen) atoms. The normalized spacial score (nSPS) is 15.0. The molecule has 2 aromatic rings. The Morgan fingerprint density at radius 3 is 2.64 bits per heavy atom. The average molecular weight is 401 g/mol. The van der Waals surface area contributed by atoms with E-state index in [0.717, 1.165) is 37.2 Å². The van der Waals surface area contributed by atoms with Crippen LogP contribution >= 0.6 is 11.5 Å². The molecule has 1 aliphatic carbocycles. The summed E-state index contributed by atoms with van der Waals surface area (Å²) < 4.78 is 8.99. The van der Waals surface area contributed by atoms with Gasteiger partial charge in [-0.15, -0.1) is 11.7 Å². The SMILES string of the molecule is C=CCN(C(=O)c1csnn1)[C@H](C(=O)NC1CCCC1)c1ccc(OC)cc1. The van der Waals surface area contributed by atoms with Crippen molar-refractivity contribution in [2.24, 2.45) is 0 Å². The fraction of sp³-hybridized carbons (Fsp3) is 0.400. The predicted molar refractivity (Wildman–Crippen MR) is 107 cm³/mol. The molecule has 7 nitrogen and oxygen atoms in total. The first kappa shape index (κ1) is 20.0. The molecule has 0 unspecified atom stereocenters. The highest BCUT2D eigenvalue weighted by atomic mass is 32.1. The van der Waals surface area contributed by atoms with E-state index in [-0.39, 0.29) is 30.1 Å². The first-order chi connectivity index (χ1) is 13.6. The summed E-state index contributed by atoms with van der Waals surface area (Å²) in [6.07, 6.45) is 5.76. The number of nitrogens with zero attached hydrogens (tertiary/aromatic N) is 3. The van der Waals surface area contributed by atoms with Crippen molar-refractivity contribution in [2.45, 2.75) is 37.8 Å². The summed E-state index contributed by atoms with van der Waals surface area (Å²) in [5.41, 5.74) is 0.925. The number of hydrogen-bond acceptors (Lipinski definition) is 6. The van der Waals surface area contributed by atoms with Gasteiger partial charge in [-0.05, 0) is 42.1 Å². The van der Waals surface area contributed by atoms with Crippen molar-refractivity contribution < 1.29 is 14.3 Å². The third-order valence-corrected chi connectivity index (χ3v) is 5.36. The first-order valence-electron chi connectivity index (χ1n) is 9.27. The molecule has 1 aromatic heterocycles. The van der Waals surface area contributed by atoms with Gasteiger partial charge in [0.1, 0.15) is 11.8 Å². The fourth-order valence-electron chi connectivity index (χ4n) is 3.46. The number of rotatable bonds is 8. The quantitative estimate of drug-likeness (QED) is 0.689. The number of ether oxygens (including phenoxy) is 1. The van der Waals surface area contributed by atoms with E-state index < -0.39 is 6.04 Å². The molecule has 0 bridgehead atoms. The van der Waals surface area contributed by atoms with Crippen molar-refractivity contribution in [1.82, 2.24) is 19.8 Å². The van der Waals surface area contributed by atoms with Gasteiger partial charge in [0.2, 0.25) is 5.91 Å². The Hall–Kier alpha value is -2.74. The Morgan fingerprint density at radius 2 is 2.07 bits per heavy atom. The van der Waals surface area contributed by atoms with Gasteiger partial charge in [-0.1, -0.05) is 35.5 Å². The number of methoxy groups -OCH3 is 1. The summed E-state index contributed by atoms with van der Waals surface area (Å²) in [6, 6.07) is 6.53. The van der Waals surface area contributed by atoms with Crippen LogP contribution < -0.4 is 10.1 Å². The van der Waals surface area contributed by atoms with Crippen LogP contribution in [0.2, 0.25) is 0 Å². The summed E-state index contributed by atoms with van der Waals surface area (Å²) in [5.74, 6) is 0.135. The third-order valence-electron chi connectivity index (χ3n) is 4.86. The van der Waals surface area contributed by atoms with Gasteiger partial charge in [0.05, 0.1) is 7.11 Å². The van der Waals surface area contributed by atoms with Crippen LogP contribution in [0.5, 0.6) is 5.75 Å². The molecule has 0 radical (unpaired) electrons. The van der Waals surface area contributed by atoms with E-state index in [1.807, 2.05) is 0 Å². The Kier molecular flexibility index (Phi) is 6.76. The molecule has 148 valence electrons. The molecule has 3 rings (SSSR count). The summed E-state index contributed by atoms with van der Waals surface area (Å²) in [7, 11) is 1.59. The molecule has 1 aliphatic rings. The highest BCUT2D eigenvalue weighted by Gasteiger charge is 2.33. The number of carbonyl (C=O) groups excluding carboxylic acids is 2. The highest BCUT2D eigenvalue weighted by Crippen LogP contribution is 2.27. The maximum Gasteiger partial charge on any atom is 0.276 e. The standard InChI is InChI=1S/C20H24N4O3S/c1-3-12-24(20(26)17-13-28-23-22-17)18(14-8-10-16(27-2)11-9-14)19(25)21-15-6-4-5-7-15/h3,8-11,13,15,18H,1,4-7,12H2,2H3,(H,21,25)/t18-/m0/s1. The van der Waals surface area contributed by atoms with Gasteiger partial charge in [-0.3, -0.25) is 9.59 Å².